The van der Waals surface area contributed by atoms with Gasteiger partial charge in [0.25, 0.3) is 0 Å². The van der Waals surface area contributed by atoms with E-state index in [4.69, 9.17) is 9.47 Å². The summed E-state index contributed by atoms with van der Waals surface area (Å²) in [6.45, 7) is 4.18. The van der Waals surface area contributed by atoms with Gasteiger partial charge in [0.15, 0.2) is 0 Å². The molecule has 6 nitrogen and oxygen atoms in total. The van der Waals surface area contributed by atoms with Crippen molar-refractivity contribution in [1.82, 2.24) is 0 Å². The van der Waals surface area contributed by atoms with Crippen LogP contribution in [0.25, 0.3) is 0 Å². The number of rotatable bonds is 7. The first-order valence-corrected chi connectivity index (χ1v) is 10.4. The summed E-state index contributed by atoms with van der Waals surface area (Å²) in [5.74, 6) is -1.21. The third-order valence-corrected chi connectivity index (χ3v) is 5.54. The fourth-order valence-corrected chi connectivity index (χ4v) is 4.13. The number of anilines is 2. The lowest BCUT2D eigenvalue weighted by Gasteiger charge is -2.31. The molecule has 1 heterocycles. The highest BCUT2D eigenvalue weighted by molar-refractivity contribution is 5.89. The molecule has 0 saturated carbocycles. The number of carbonyl (C=O) groups is 1. The number of nitrogens with one attached hydrogen (secondary N) is 1. The number of fused-ring (bicyclic) bond motifs is 1. The molecule has 2 N–H and O–H groups in total. The second kappa shape index (κ2) is 9.54. The van der Waals surface area contributed by atoms with Gasteiger partial charge >= 0.3 is 6.18 Å². The summed E-state index contributed by atoms with van der Waals surface area (Å²) in [4.78, 5) is 13.4. The first-order valence-electron chi connectivity index (χ1n) is 10.4. The summed E-state index contributed by atoms with van der Waals surface area (Å²) in [5, 5.41) is 13.6. The number of nitrogens with zero attached hydrogens (tertiary/aromatic N) is 1. The first-order chi connectivity index (χ1) is 15.9. The Bertz CT molecular complexity index is 1100. The van der Waals surface area contributed by atoms with Gasteiger partial charge in [0, 0.05) is 12.7 Å². The van der Waals surface area contributed by atoms with Gasteiger partial charge in [0.05, 0.1) is 30.7 Å². The number of methoxy groups -OCH3 is 2. The number of hydrogen-bond acceptors (Lipinski definition) is 5. The minimum atomic E-state index is -4.73. The predicted molar refractivity (Wildman–Crippen MR) is 119 cm³/mol. The lowest BCUT2D eigenvalue weighted by molar-refractivity contribution is -0.137. The van der Waals surface area contributed by atoms with Gasteiger partial charge in [-0.05, 0) is 36.1 Å². The third-order valence-electron chi connectivity index (χ3n) is 5.54. The molecule has 1 amide bonds. The number of amides is 1. The van der Waals surface area contributed by atoms with Gasteiger partial charge < -0.3 is 19.9 Å². The van der Waals surface area contributed by atoms with Crippen molar-refractivity contribution in [1.29, 1.82) is 0 Å². The van der Waals surface area contributed by atoms with E-state index in [1.165, 1.54) is 25.3 Å². The van der Waals surface area contributed by atoms with Crippen molar-refractivity contribution in [2.75, 3.05) is 31.0 Å². The van der Waals surface area contributed by atoms with Crippen molar-refractivity contribution in [2.24, 2.45) is 5.41 Å². The van der Waals surface area contributed by atoms with Crippen LogP contribution in [0, 0.1) is 11.2 Å². The van der Waals surface area contributed by atoms with E-state index in [1.807, 2.05) is 13.8 Å². The van der Waals surface area contributed by atoms with Gasteiger partial charge in [-0.15, -0.1) is 0 Å². The lowest BCUT2D eigenvalue weighted by Crippen LogP contribution is -2.30. The molecule has 10 heteroatoms. The minimum Gasteiger partial charge on any atom is -0.506 e. The zero-order valence-corrected chi connectivity index (χ0v) is 19.2. The number of carbonyl (C=O) groups excluding carboxylic acids is 1. The number of para-hydroxylation sites is 1. The molecular formula is C24H26F4N2O4. The highest BCUT2D eigenvalue weighted by atomic mass is 19.4. The smallest absolute Gasteiger partial charge is 0.416 e. The standard InChI is InChI=1S/C24H26F4N2O4/c1-23(2,12-33-3)11-17-22(34-4)21(15-9-8-14(10-16(15)25)24(26,27)28)30(13-31)18-6-5-7-19(32)20(18)29-17/h5-10,13,21,29,32H,11-12H2,1-4H3. The Labute approximate surface area is 194 Å². The van der Waals surface area contributed by atoms with Crippen LogP contribution in [0.2, 0.25) is 0 Å². The van der Waals surface area contributed by atoms with E-state index in [2.05, 4.69) is 5.32 Å². The van der Waals surface area contributed by atoms with Crippen molar-refractivity contribution in [3.8, 4) is 5.75 Å². The molecule has 0 bridgehead atoms. The van der Waals surface area contributed by atoms with Gasteiger partial charge in [0.2, 0.25) is 6.41 Å². The normalized spacial score (nSPS) is 16.6. The van der Waals surface area contributed by atoms with E-state index in [9.17, 15) is 23.1 Å². The average Bonchev–Trinajstić information content (AvgIpc) is 2.87. The van der Waals surface area contributed by atoms with Gasteiger partial charge in [0.1, 0.15) is 29.1 Å². The molecule has 2 aromatic rings. The molecule has 0 spiro atoms. The van der Waals surface area contributed by atoms with Gasteiger partial charge in [-0.25, -0.2) is 4.39 Å². The molecule has 3 rings (SSSR count). The summed E-state index contributed by atoms with van der Waals surface area (Å²) >= 11 is 0. The summed E-state index contributed by atoms with van der Waals surface area (Å²) in [5.41, 5.74) is -1.00. The Hall–Kier alpha value is -3.27. The molecule has 1 unspecified atom stereocenters. The number of ether oxygens (including phenoxy) is 2. The number of phenolic OH excluding ortho intramolecular Hbond substituents is 1. The molecule has 0 radical (unpaired) electrons. The summed E-state index contributed by atoms with van der Waals surface area (Å²) in [6.07, 6.45) is -4.02. The van der Waals surface area contributed by atoms with Crippen molar-refractivity contribution in [2.45, 2.75) is 32.5 Å². The molecule has 0 aliphatic carbocycles. The number of alkyl halides is 3. The molecule has 184 valence electrons. The van der Waals surface area contributed by atoms with Crippen molar-refractivity contribution in [3.63, 3.8) is 0 Å². The van der Waals surface area contributed by atoms with Crippen LogP contribution < -0.4 is 10.2 Å². The van der Waals surface area contributed by atoms with Crippen molar-refractivity contribution < 1.29 is 36.9 Å². The maximum absolute atomic E-state index is 15.1. The molecule has 0 saturated heterocycles. The van der Waals surface area contributed by atoms with Crippen molar-refractivity contribution in [3.05, 3.63) is 64.8 Å². The van der Waals surface area contributed by atoms with Crippen LogP contribution in [0.3, 0.4) is 0 Å². The van der Waals surface area contributed by atoms with Crippen LogP contribution in [0.4, 0.5) is 28.9 Å². The van der Waals surface area contributed by atoms with Crippen LogP contribution in [-0.4, -0.2) is 32.3 Å². The fraction of sp³-hybridized carbons (Fsp3) is 0.375. The lowest BCUT2D eigenvalue weighted by atomic mass is 9.87. The fourth-order valence-electron chi connectivity index (χ4n) is 4.13. The number of halogens is 4. The number of allylic oxidation sites excluding steroid dienone is 1. The quantitative estimate of drug-likeness (QED) is 0.305. The number of phenols is 1. The van der Waals surface area contributed by atoms with E-state index in [0.717, 1.165) is 17.0 Å². The van der Waals surface area contributed by atoms with E-state index >= 15 is 4.39 Å². The number of benzene rings is 2. The third kappa shape index (κ3) is 4.96. The molecule has 1 aliphatic heterocycles. The molecule has 1 atom stereocenters. The Morgan fingerprint density at radius 1 is 1.18 bits per heavy atom. The van der Waals surface area contributed by atoms with Crippen LogP contribution in [0.15, 0.2) is 47.9 Å². The second-order valence-corrected chi connectivity index (χ2v) is 8.77. The molecule has 0 aromatic heterocycles. The summed E-state index contributed by atoms with van der Waals surface area (Å²) in [6, 6.07) is 5.34. The number of hydrogen-bond donors (Lipinski definition) is 2. The topological polar surface area (TPSA) is 71.0 Å². The Balaban J connectivity index is 2.29. The largest absolute Gasteiger partial charge is 0.506 e. The van der Waals surface area contributed by atoms with Crippen LogP contribution in [0.1, 0.15) is 37.4 Å². The maximum atomic E-state index is 15.1. The zero-order chi connectivity index (χ0) is 25.3. The van der Waals surface area contributed by atoms with Gasteiger partial charge in [-0.3, -0.25) is 9.69 Å². The van der Waals surface area contributed by atoms with Gasteiger partial charge in [-0.1, -0.05) is 26.0 Å². The summed E-state index contributed by atoms with van der Waals surface area (Å²) in [7, 11) is 2.87. The Morgan fingerprint density at radius 3 is 2.44 bits per heavy atom. The number of aromatic hydroxyl groups is 1. The van der Waals surface area contributed by atoms with Crippen molar-refractivity contribution >= 4 is 17.8 Å². The monoisotopic (exact) mass is 482 g/mol. The highest BCUT2D eigenvalue weighted by Crippen LogP contribution is 2.47. The Kier molecular flexibility index (Phi) is 7.11. The molecule has 34 heavy (non-hydrogen) atoms. The van der Waals surface area contributed by atoms with Crippen LogP contribution >= 0.6 is 0 Å². The average molecular weight is 482 g/mol. The van der Waals surface area contributed by atoms with E-state index < -0.39 is 29.0 Å². The molecule has 2 aromatic carbocycles. The molecular weight excluding hydrogens is 456 g/mol. The second-order valence-electron chi connectivity index (χ2n) is 8.77. The molecule has 1 aliphatic rings. The van der Waals surface area contributed by atoms with Crippen LogP contribution in [-0.2, 0) is 20.4 Å². The minimum absolute atomic E-state index is 0.116. The zero-order valence-electron chi connectivity index (χ0n) is 19.2. The van der Waals surface area contributed by atoms with E-state index in [-0.39, 0.29) is 28.4 Å². The summed E-state index contributed by atoms with van der Waals surface area (Å²) < 4.78 is 65.5. The molecule has 0 fully saturated rings. The van der Waals surface area contributed by atoms with E-state index in [1.54, 1.807) is 7.11 Å². The van der Waals surface area contributed by atoms with E-state index in [0.29, 0.717) is 31.2 Å². The predicted octanol–water partition coefficient (Wildman–Crippen LogP) is 5.60. The van der Waals surface area contributed by atoms with Crippen LogP contribution in [0.5, 0.6) is 5.75 Å². The van der Waals surface area contributed by atoms with Gasteiger partial charge in [-0.2, -0.15) is 13.2 Å². The first kappa shape index (κ1) is 25.4. The maximum Gasteiger partial charge on any atom is 0.416 e. The Morgan fingerprint density at radius 2 is 1.88 bits per heavy atom. The highest BCUT2D eigenvalue weighted by Gasteiger charge is 2.38. The SMILES string of the molecule is COCC(C)(C)CC1=C(OC)C(c2ccc(C(F)(F)F)cc2F)N(C=O)c2cccc(O)c2N1.